The van der Waals surface area contributed by atoms with Crippen LogP contribution in [0.25, 0.3) is 5.57 Å². The molecule has 0 bridgehead atoms. The van der Waals surface area contributed by atoms with E-state index in [9.17, 15) is 10.0 Å². The predicted molar refractivity (Wildman–Crippen MR) is 85.8 cm³/mol. The SMILES string of the molecule is O=C1Nc2cc[c]([Na])cc2C1=C1Nc2ccccc2C1=NO. The molecule has 0 saturated heterocycles. The van der Waals surface area contributed by atoms with E-state index >= 15 is 0 Å². The van der Waals surface area contributed by atoms with Gasteiger partial charge in [0.15, 0.2) is 0 Å². The number of amides is 1. The van der Waals surface area contributed by atoms with Crippen molar-refractivity contribution in [3.63, 3.8) is 0 Å². The number of nitrogens with one attached hydrogen (secondary N) is 2. The Morgan fingerprint density at radius 3 is 2.59 bits per heavy atom. The number of carbonyl (C=O) groups excluding carboxylic acids is 1. The van der Waals surface area contributed by atoms with E-state index in [1.165, 1.54) is 2.81 Å². The molecule has 0 atom stereocenters. The van der Waals surface area contributed by atoms with Crippen molar-refractivity contribution in [2.45, 2.75) is 0 Å². The standard InChI is InChI=1S/C16H10N3O2.Na/c20-16-13(9-5-1-3-7-11(9)18-16)15-14(19-21)10-6-2-4-8-12(10)17-15;/h2-8,17,21H,(H,18,20);. The zero-order valence-corrected chi connectivity index (χ0v) is 13.8. The van der Waals surface area contributed by atoms with Crippen molar-refractivity contribution >= 4 is 59.3 Å². The maximum atomic E-state index is 12.4. The van der Waals surface area contributed by atoms with E-state index in [-0.39, 0.29) is 5.91 Å². The van der Waals surface area contributed by atoms with Crippen LogP contribution in [0.1, 0.15) is 11.1 Å². The molecule has 0 aliphatic carbocycles. The summed E-state index contributed by atoms with van der Waals surface area (Å²) in [7, 11) is 0. The van der Waals surface area contributed by atoms with Gasteiger partial charge >= 0.3 is 144 Å². The van der Waals surface area contributed by atoms with Crippen LogP contribution in [0.5, 0.6) is 0 Å². The average molecular weight is 299 g/mol. The van der Waals surface area contributed by atoms with Gasteiger partial charge < -0.3 is 0 Å². The molecule has 1 amide bonds. The average Bonchev–Trinajstić information content (AvgIpc) is 3.03. The molecular formula is C16H10N3NaO2. The summed E-state index contributed by atoms with van der Waals surface area (Å²) in [4.78, 5) is 12.4. The van der Waals surface area contributed by atoms with Gasteiger partial charge in [0.05, 0.1) is 0 Å². The Balaban J connectivity index is 1.97. The summed E-state index contributed by atoms with van der Waals surface area (Å²) in [6, 6.07) is 13.5. The summed E-state index contributed by atoms with van der Waals surface area (Å²) in [5.74, 6) is -0.182. The summed E-state index contributed by atoms with van der Waals surface area (Å²) in [5.41, 5.74) is 4.74. The minimum absolute atomic E-state index is 0.182. The quantitative estimate of drug-likeness (QED) is 0.298. The van der Waals surface area contributed by atoms with Crippen molar-refractivity contribution in [3.05, 3.63) is 59.3 Å². The molecule has 0 aromatic heterocycles. The molecule has 2 aromatic rings. The number of rotatable bonds is 0. The zero-order chi connectivity index (χ0) is 15.3. The Kier molecular flexibility index (Phi) is 3.07. The van der Waals surface area contributed by atoms with Crippen LogP contribution in [0.15, 0.2) is 53.3 Å². The number of para-hydroxylation sites is 1. The monoisotopic (exact) mass is 299 g/mol. The van der Waals surface area contributed by atoms with Crippen molar-refractivity contribution in [2.24, 2.45) is 5.16 Å². The maximum absolute atomic E-state index is 12.4. The van der Waals surface area contributed by atoms with Gasteiger partial charge in [0.25, 0.3) is 0 Å². The van der Waals surface area contributed by atoms with Gasteiger partial charge in [-0.25, -0.2) is 0 Å². The van der Waals surface area contributed by atoms with Crippen LogP contribution in [0, 0.1) is 0 Å². The molecule has 0 unspecified atom stereocenters. The van der Waals surface area contributed by atoms with E-state index < -0.39 is 0 Å². The molecule has 2 aromatic carbocycles. The molecule has 4 rings (SSSR count). The second-order valence-electron chi connectivity index (χ2n) is 5.37. The number of fused-ring (bicyclic) bond motifs is 2. The Morgan fingerprint density at radius 2 is 1.77 bits per heavy atom. The van der Waals surface area contributed by atoms with Gasteiger partial charge in [0, 0.05) is 0 Å². The summed E-state index contributed by atoms with van der Waals surface area (Å²) in [6.45, 7) is 0. The number of anilines is 2. The van der Waals surface area contributed by atoms with Crippen molar-refractivity contribution in [2.75, 3.05) is 10.6 Å². The number of allylic oxidation sites excluding steroid dienone is 1. The summed E-state index contributed by atoms with van der Waals surface area (Å²) in [6.07, 6.45) is 0. The Hall–Kier alpha value is -2.08. The van der Waals surface area contributed by atoms with Crippen LogP contribution >= 0.6 is 0 Å². The Bertz CT molecular complexity index is 887. The van der Waals surface area contributed by atoms with Crippen LogP contribution in [-0.4, -0.2) is 44.8 Å². The molecule has 0 fully saturated rings. The van der Waals surface area contributed by atoms with E-state index in [0.29, 0.717) is 17.0 Å². The third kappa shape index (κ3) is 1.90. The van der Waals surface area contributed by atoms with Gasteiger partial charge in [-0.05, 0) is 0 Å². The molecular weight excluding hydrogens is 289 g/mol. The first-order chi connectivity index (χ1) is 10.7. The molecule has 102 valence electrons. The van der Waals surface area contributed by atoms with E-state index in [2.05, 4.69) is 15.8 Å². The molecule has 3 N–H and O–H groups in total. The fourth-order valence-electron chi connectivity index (χ4n) is 2.94. The van der Waals surface area contributed by atoms with Crippen molar-refractivity contribution < 1.29 is 10.0 Å². The molecule has 6 heteroatoms. The summed E-state index contributed by atoms with van der Waals surface area (Å²) < 4.78 is 1.20. The first-order valence-corrected chi connectivity index (χ1v) is 7.94. The van der Waals surface area contributed by atoms with Crippen LogP contribution < -0.4 is 13.4 Å². The molecule has 0 spiro atoms. The van der Waals surface area contributed by atoms with Crippen molar-refractivity contribution in [3.8, 4) is 0 Å². The molecule has 2 aliphatic heterocycles. The number of oxime groups is 1. The van der Waals surface area contributed by atoms with Gasteiger partial charge in [-0.3, -0.25) is 0 Å². The van der Waals surface area contributed by atoms with Gasteiger partial charge in [0.2, 0.25) is 0 Å². The van der Waals surface area contributed by atoms with Gasteiger partial charge in [0.1, 0.15) is 0 Å². The molecule has 0 saturated carbocycles. The Labute approximate surface area is 144 Å². The first kappa shape index (κ1) is 13.6. The second-order valence-corrected chi connectivity index (χ2v) is 6.53. The normalized spacial score (nSPS) is 20.6. The number of benzene rings is 2. The van der Waals surface area contributed by atoms with E-state index in [0.717, 1.165) is 50.4 Å². The van der Waals surface area contributed by atoms with Gasteiger partial charge in [-0.1, -0.05) is 0 Å². The van der Waals surface area contributed by atoms with Crippen molar-refractivity contribution in [1.29, 1.82) is 0 Å². The van der Waals surface area contributed by atoms with Crippen LogP contribution in [-0.2, 0) is 4.79 Å². The van der Waals surface area contributed by atoms with Crippen LogP contribution in [0.4, 0.5) is 11.4 Å². The van der Waals surface area contributed by atoms with Crippen LogP contribution in [0.2, 0.25) is 0 Å². The van der Waals surface area contributed by atoms with E-state index in [1.807, 2.05) is 42.5 Å². The number of carbonyl (C=O) groups is 1. The zero-order valence-electron chi connectivity index (χ0n) is 11.8. The molecule has 0 radical (unpaired) electrons. The molecule has 22 heavy (non-hydrogen) atoms. The first-order valence-electron chi connectivity index (χ1n) is 6.94. The fraction of sp³-hybridized carbons (Fsp3) is 0. The van der Waals surface area contributed by atoms with E-state index in [4.69, 9.17) is 0 Å². The number of nitrogens with zero attached hydrogens (tertiary/aromatic N) is 1. The Morgan fingerprint density at radius 1 is 1.00 bits per heavy atom. The minimum atomic E-state index is -0.182. The molecule has 2 heterocycles. The number of hydrogen-bond donors (Lipinski definition) is 3. The predicted octanol–water partition coefficient (Wildman–Crippen LogP) is 1.45. The van der Waals surface area contributed by atoms with E-state index in [1.54, 1.807) is 0 Å². The number of hydrogen-bond acceptors (Lipinski definition) is 4. The van der Waals surface area contributed by atoms with Gasteiger partial charge in [-0.15, -0.1) is 0 Å². The topological polar surface area (TPSA) is 73.7 Å². The summed E-state index contributed by atoms with van der Waals surface area (Å²) in [5, 5.41) is 18.9. The fourth-order valence-corrected chi connectivity index (χ4v) is 3.40. The van der Waals surface area contributed by atoms with Crippen LogP contribution in [0.3, 0.4) is 0 Å². The van der Waals surface area contributed by atoms with Gasteiger partial charge in [-0.2, -0.15) is 0 Å². The third-order valence-corrected chi connectivity index (χ3v) is 4.57. The molecule has 2 aliphatic rings. The second kappa shape index (κ2) is 4.98. The summed E-state index contributed by atoms with van der Waals surface area (Å²) >= 11 is 0.906. The molecule has 5 nitrogen and oxygen atoms in total. The third-order valence-electron chi connectivity index (χ3n) is 3.95. The van der Waals surface area contributed by atoms with Crippen molar-refractivity contribution in [1.82, 2.24) is 0 Å².